The Labute approximate surface area is 176 Å². The van der Waals surface area contributed by atoms with Crippen LogP contribution in [0, 0.1) is 0 Å². The fourth-order valence-corrected chi connectivity index (χ4v) is 5.10. The summed E-state index contributed by atoms with van der Waals surface area (Å²) < 4.78 is 19.5. The van der Waals surface area contributed by atoms with Crippen LogP contribution in [0.3, 0.4) is 0 Å². The third kappa shape index (κ3) is 3.85. The molecule has 1 aromatic carbocycles. The molecule has 0 bridgehead atoms. The zero-order chi connectivity index (χ0) is 19.7. The van der Waals surface area contributed by atoms with Crippen molar-refractivity contribution in [2.45, 2.75) is 19.9 Å². The number of thiazole rings is 1. The van der Waals surface area contributed by atoms with Crippen LogP contribution in [-0.4, -0.2) is 29.8 Å². The summed E-state index contributed by atoms with van der Waals surface area (Å²) in [6.45, 7) is 2.62. The first-order valence-electron chi connectivity index (χ1n) is 8.48. The molecule has 2 aromatic heterocycles. The average Bonchev–Trinajstić information content (AvgIpc) is 3.36. The number of hydrogen-bond donors (Lipinski definition) is 0. The maximum atomic E-state index is 12.6. The highest BCUT2D eigenvalue weighted by atomic mass is 79.9. The molecule has 0 aliphatic carbocycles. The van der Waals surface area contributed by atoms with Gasteiger partial charge in [-0.25, -0.2) is 0 Å². The van der Waals surface area contributed by atoms with Gasteiger partial charge in [0.05, 0.1) is 31.9 Å². The Balaban J connectivity index is 1.77. The van der Waals surface area contributed by atoms with E-state index < -0.39 is 0 Å². The van der Waals surface area contributed by atoms with Crippen LogP contribution in [-0.2, 0) is 16.1 Å². The Morgan fingerprint density at radius 2 is 2.04 bits per heavy atom. The van der Waals surface area contributed by atoms with Crippen molar-refractivity contribution in [3.63, 3.8) is 0 Å². The lowest BCUT2D eigenvalue weighted by Crippen LogP contribution is -2.19. The second-order valence-corrected chi connectivity index (χ2v) is 9.26. The number of carbonyl (C=O) groups is 2. The van der Waals surface area contributed by atoms with Gasteiger partial charge in [-0.15, -0.1) is 11.3 Å². The van der Waals surface area contributed by atoms with Gasteiger partial charge in [0, 0.05) is 18.7 Å². The smallest absolute Gasteiger partial charge is 0.307 e. The van der Waals surface area contributed by atoms with Crippen LogP contribution < -0.4 is 14.3 Å². The van der Waals surface area contributed by atoms with Gasteiger partial charge in [-0.05, 0) is 35.0 Å². The van der Waals surface area contributed by atoms with E-state index in [-0.39, 0.29) is 25.1 Å². The highest BCUT2D eigenvalue weighted by Gasteiger charge is 2.19. The first-order chi connectivity index (χ1) is 13.5. The first kappa shape index (κ1) is 19.2. The van der Waals surface area contributed by atoms with E-state index in [1.807, 2.05) is 22.8 Å². The summed E-state index contributed by atoms with van der Waals surface area (Å²) in [5, 5.41) is 0. The third-order valence-electron chi connectivity index (χ3n) is 4.00. The topological polar surface area (TPSA) is 79.1 Å². The molecular formula is C18H15BrN2O5S2. The minimum Gasteiger partial charge on any atom is -0.466 e. The summed E-state index contributed by atoms with van der Waals surface area (Å²) in [5.74, 6) is 0.670. The molecule has 10 heteroatoms. The lowest BCUT2D eigenvalue weighted by molar-refractivity contribution is -0.143. The van der Waals surface area contributed by atoms with Gasteiger partial charge in [0.15, 0.2) is 16.3 Å². The average molecular weight is 483 g/mol. The molecule has 3 aromatic rings. The zero-order valence-corrected chi connectivity index (χ0v) is 18.0. The highest BCUT2D eigenvalue weighted by Crippen LogP contribution is 2.37. The molecule has 1 aliphatic rings. The van der Waals surface area contributed by atoms with Crippen LogP contribution in [0.4, 0.5) is 0 Å². The molecule has 146 valence electrons. The van der Waals surface area contributed by atoms with E-state index in [0.29, 0.717) is 34.3 Å². The van der Waals surface area contributed by atoms with Crippen molar-refractivity contribution in [3.05, 3.63) is 37.7 Å². The molecule has 3 heterocycles. The van der Waals surface area contributed by atoms with Crippen molar-refractivity contribution >= 4 is 60.7 Å². The number of nitrogens with zero attached hydrogens (tertiary/aromatic N) is 2. The standard InChI is InChI=1S/C18H15BrN2O5S2/c1-2-24-16(22)5-6-21-10-7-11-12(26-9-25-11)8-14(10)28-18(21)20-17(23)13-3-4-15(19)27-13/h3-4,7-8H,2,5-6,9H2,1H3. The molecular weight excluding hydrogens is 468 g/mol. The lowest BCUT2D eigenvalue weighted by atomic mass is 10.3. The lowest BCUT2D eigenvalue weighted by Gasteiger charge is -2.06. The van der Waals surface area contributed by atoms with Crippen LogP contribution in [0.5, 0.6) is 11.5 Å². The summed E-state index contributed by atoms with van der Waals surface area (Å²) in [7, 11) is 0. The van der Waals surface area contributed by atoms with E-state index in [4.69, 9.17) is 14.2 Å². The number of halogens is 1. The second-order valence-electron chi connectivity index (χ2n) is 5.79. The van der Waals surface area contributed by atoms with Gasteiger partial charge >= 0.3 is 5.97 Å². The van der Waals surface area contributed by atoms with E-state index in [1.54, 1.807) is 13.0 Å². The molecule has 0 radical (unpaired) electrons. The summed E-state index contributed by atoms with van der Waals surface area (Å²) in [5.41, 5.74) is 0.831. The van der Waals surface area contributed by atoms with Crippen LogP contribution in [0.1, 0.15) is 23.0 Å². The van der Waals surface area contributed by atoms with E-state index in [9.17, 15) is 9.59 Å². The molecule has 7 nitrogen and oxygen atoms in total. The van der Waals surface area contributed by atoms with Gasteiger partial charge in [0.25, 0.3) is 5.91 Å². The van der Waals surface area contributed by atoms with Gasteiger partial charge in [-0.2, -0.15) is 4.99 Å². The van der Waals surface area contributed by atoms with Crippen molar-refractivity contribution in [1.29, 1.82) is 0 Å². The van der Waals surface area contributed by atoms with Gasteiger partial charge in [0.1, 0.15) is 0 Å². The quantitative estimate of drug-likeness (QED) is 0.514. The molecule has 0 unspecified atom stereocenters. The summed E-state index contributed by atoms with van der Waals surface area (Å²) in [4.78, 5) is 29.8. The monoisotopic (exact) mass is 482 g/mol. The van der Waals surface area contributed by atoms with Crippen molar-refractivity contribution in [2.75, 3.05) is 13.4 Å². The number of ether oxygens (including phenoxy) is 3. The molecule has 0 atom stereocenters. The van der Waals surface area contributed by atoms with Crippen LogP contribution >= 0.6 is 38.6 Å². The Morgan fingerprint density at radius 3 is 2.75 bits per heavy atom. The van der Waals surface area contributed by atoms with Crippen molar-refractivity contribution in [3.8, 4) is 11.5 Å². The van der Waals surface area contributed by atoms with Gasteiger partial charge in [-0.1, -0.05) is 11.3 Å². The number of benzene rings is 1. The number of thiophene rings is 1. The summed E-state index contributed by atoms with van der Waals surface area (Å²) >= 11 is 6.05. The number of carbonyl (C=O) groups excluding carboxylic acids is 2. The SMILES string of the molecule is CCOC(=O)CCn1c(=NC(=O)c2ccc(Br)s2)sc2cc3c(cc21)OCO3. The maximum absolute atomic E-state index is 12.6. The minimum absolute atomic E-state index is 0.179. The number of esters is 1. The minimum atomic E-state index is -0.327. The summed E-state index contributed by atoms with van der Waals surface area (Å²) in [6.07, 6.45) is 0.181. The van der Waals surface area contributed by atoms with Gasteiger partial charge in [-0.3, -0.25) is 9.59 Å². The van der Waals surface area contributed by atoms with E-state index in [0.717, 1.165) is 14.0 Å². The molecule has 4 rings (SSSR count). The predicted molar refractivity (Wildman–Crippen MR) is 109 cm³/mol. The maximum Gasteiger partial charge on any atom is 0.307 e. The van der Waals surface area contributed by atoms with Crippen molar-refractivity contribution in [2.24, 2.45) is 4.99 Å². The van der Waals surface area contributed by atoms with Crippen molar-refractivity contribution in [1.82, 2.24) is 4.57 Å². The van der Waals surface area contributed by atoms with Crippen LogP contribution in [0.15, 0.2) is 33.0 Å². The number of amides is 1. The van der Waals surface area contributed by atoms with Crippen LogP contribution in [0.2, 0.25) is 0 Å². The molecule has 0 spiro atoms. The Kier molecular flexibility index (Phi) is 5.51. The fraction of sp³-hybridized carbons (Fsp3) is 0.278. The normalized spacial score (nSPS) is 13.3. The van der Waals surface area contributed by atoms with Crippen molar-refractivity contribution < 1.29 is 23.8 Å². The highest BCUT2D eigenvalue weighted by molar-refractivity contribution is 9.11. The molecule has 1 aliphatic heterocycles. The first-order valence-corrected chi connectivity index (χ1v) is 10.9. The molecule has 0 saturated carbocycles. The largest absolute Gasteiger partial charge is 0.466 e. The van der Waals surface area contributed by atoms with E-state index in [1.165, 1.54) is 22.7 Å². The van der Waals surface area contributed by atoms with E-state index in [2.05, 4.69) is 20.9 Å². The predicted octanol–water partition coefficient (Wildman–Crippen LogP) is 3.95. The van der Waals surface area contributed by atoms with E-state index >= 15 is 0 Å². The number of rotatable bonds is 5. The summed E-state index contributed by atoms with van der Waals surface area (Å²) in [6, 6.07) is 7.26. The Bertz CT molecular complexity index is 1130. The molecule has 1 amide bonds. The third-order valence-corrected chi connectivity index (χ3v) is 6.66. The fourth-order valence-electron chi connectivity index (χ4n) is 2.77. The Morgan fingerprint density at radius 1 is 1.25 bits per heavy atom. The molecule has 0 fully saturated rings. The van der Waals surface area contributed by atoms with Gasteiger partial charge < -0.3 is 18.8 Å². The number of aryl methyl sites for hydroxylation is 1. The second kappa shape index (κ2) is 8.06. The Hall–Kier alpha value is -2.17. The number of fused-ring (bicyclic) bond motifs is 2. The number of aromatic nitrogens is 1. The zero-order valence-electron chi connectivity index (χ0n) is 14.8. The molecule has 0 N–H and O–H groups in total. The number of hydrogen-bond acceptors (Lipinski definition) is 7. The molecule has 0 saturated heterocycles. The molecule has 28 heavy (non-hydrogen) atoms. The van der Waals surface area contributed by atoms with Gasteiger partial charge in [0.2, 0.25) is 6.79 Å². The van der Waals surface area contributed by atoms with Crippen LogP contribution in [0.25, 0.3) is 10.2 Å².